The number of carbonyl (C=O) groups is 3. The summed E-state index contributed by atoms with van der Waals surface area (Å²) >= 11 is 5.92. The number of alkyl halides is 1. The molecule has 0 bridgehead atoms. The molecule has 0 radical (unpaired) electrons. The van der Waals surface area contributed by atoms with Gasteiger partial charge in [0, 0.05) is 40.7 Å². The highest BCUT2D eigenvalue weighted by Gasteiger charge is 2.40. The second-order valence-electron chi connectivity index (χ2n) is 9.35. The van der Waals surface area contributed by atoms with Gasteiger partial charge in [0.15, 0.2) is 5.82 Å². The van der Waals surface area contributed by atoms with E-state index in [0.29, 0.717) is 17.0 Å². The van der Waals surface area contributed by atoms with E-state index in [-0.39, 0.29) is 41.9 Å². The highest BCUT2D eigenvalue weighted by atomic mass is 35.5. The van der Waals surface area contributed by atoms with Crippen molar-refractivity contribution in [3.8, 4) is 11.1 Å². The van der Waals surface area contributed by atoms with Gasteiger partial charge in [-0.2, -0.15) is 0 Å². The number of hydrogen-bond donors (Lipinski definition) is 2. The predicted molar refractivity (Wildman–Crippen MR) is 141 cm³/mol. The standard InChI is InChI=1S/C28H21ClF4N4O3/c29-25-18(8-14(30)9-20(25)32)17-5-3-6-21(26(17)33)35-28(40)23-10-15(31)11-37(23)24(38)13-36-12-19(27(34)39)16-4-1-2-7-22(16)36/h1-9,12,15,23H,10-11,13H2,(H2,34,39)(H,35,40)/t15-,23+/m1/s1. The maximum Gasteiger partial charge on any atom is 0.250 e. The van der Waals surface area contributed by atoms with Crippen molar-refractivity contribution in [2.45, 2.75) is 25.2 Å². The summed E-state index contributed by atoms with van der Waals surface area (Å²) in [4.78, 5) is 39.3. The van der Waals surface area contributed by atoms with E-state index in [0.717, 1.165) is 11.0 Å². The lowest BCUT2D eigenvalue weighted by Gasteiger charge is -2.24. The van der Waals surface area contributed by atoms with Crippen LogP contribution in [0.3, 0.4) is 0 Å². The van der Waals surface area contributed by atoms with E-state index < -0.39 is 52.4 Å². The Bertz CT molecular complexity index is 1680. The molecule has 4 aromatic rings. The molecule has 7 nitrogen and oxygen atoms in total. The monoisotopic (exact) mass is 572 g/mol. The number of primary amides is 1. The highest BCUT2D eigenvalue weighted by Crippen LogP contribution is 2.35. The Morgan fingerprint density at radius 3 is 2.52 bits per heavy atom. The molecule has 1 saturated heterocycles. The number of benzene rings is 3. The Morgan fingerprint density at radius 1 is 1.02 bits per heavy atom. The lowest BCUT2D eigenvalue weighted by molar-refractivity contribution is -0.137. The Morgan fingerprint density at radius 2 is 1.77 bits per heavy atom. The summed E-state index contributed by atoms with van der Waals surface area (Å²) in [5.74, 6) is -5.22. The lowest BCUT2D eigenvalue weighted by Crippen LogP contribution is -2.44. The summed E-state index contributed by atoms with van der Waals surface area (Å²) in [6, 6.07) is 10.7. The number of nitrogens with zero attached hydrogens (tertiary/aromatic N) is 2. The van der Waals surface area contributed by atoms with Crippen LogP contribution in [0.25, 0.3) is 22.0 Å². The molecule has 2 atom stereocenters. The molecule has 0 saturated carbocycles. The first-order chi connectivity index (χ1) is 19.0. The number of rotatable bonds is 6. The molecule has 1 aliphatic heterocycles. The fraction of sp³-hybridized carbons (Fsp3) is 0.179. The summed E-state index contributed by atoms with van der Waals surface area (Å²) < 4.78 is 59.1. The molecule has 5 rings (SSSR count). The van der Waals surface area contributed by atoms with Crippen molar-refractivity contribution in [2.75, 3.05) is 11.9 Å². The van der Waals surface area contributed by atoms with E-state index in [2.05, 4.69) is 5.32 Å². The van der Waals surface area contributed by atoms with Gasteiger partial charge in [-0.1, -0.05) is 41.9 Å². The van der Waals surface area contributed by atoms with Gasteiger partial charge in [0.25, 0.3) is 5.91 Å². The highest BCUT2D eigenvalue weighted by molar-refractivity contribution is 6.33. The second-order valence-corrected chi connectivity index (χ2v) is 9.73. The van der Waals surface area contributed by atoms with Crippen LogP contribution in [0.15, 0.2) is 60.8 Å². The van der Waals surface area contributed by atoms with Crippen molar-refractivity contribution in [3.05, 3.63) is 88.8 Å². The molecule has 2 heterocycles. The van der Waals surface area contributed by atoms with Crippen molar-refractivity contribution >= 4 is 45.9 Å². The third-order valence-electron chi connectivity index (χ3n) is 6.77. The molecule has 3 amide bonds. The van der Waals surface area contributed by atoms with Gasteiger partial charge in [0.05, 0.1) is 22.8 Å². The van der Waals surface area contributed by atoms with Gasteiger partial charge >= 0.3 is 0 Å². The van der Waals surface area contributed by atoms with Crippen molar-refractivity contribution in [1.82, 2.24) is 9.47 Å². The number of amides is 3. The molecular formula is C28H21ClF4N4O3. The molecule has 0 aliphatic carbocycles. The first-order valence-electron chi connectivity index (χ1n) is 12.1. The van der Waals surface area contributed by atoms with Gasteiger partial charge in [-0.3, -0.25) is 14.4 Å². The number of nitrogens with one attached hydrogen (secondary N) is 1. The number of nitrogens with two attached hydrogens (primary N) is 1. The van der Waals surface area contributed by atoms with Crippen molar-refractivity contribution < 1.29 is 31.9 Å². The van der Waals surface area contributed by atoms with E-state index in [1.165, 1.54) is 29.0 Å². The number of carbonyl (C=O) groups excluding carboxylic acids is 3. The average Bonchev–Trinajstić information content (AvgIpc) is 3.48. The molecular weight excluding hydrogens is 552 g/mol. The van der Waals surface area contributed by atoms with E-state index in [1.54, 1.807) is 24.3 Å². The number of halogens is 5. The van der Waals surface area contributed by atoms with Gasteiger partial charge in [0.2, 0.25) is 11.8 Å². The number of anilines is 1. The van der Waals surface area contributed by atoms with Crippen LogP contribution in [-0.4, -0.2) is 45.9 Å². The van der Waals surface area contributed by atoms with Gasteiger partial charge < -0.3 is 20.5 Å². The average molecular weight is 573 g/mol. The number of fused-ring (bicyclic) bond motifs is 1. The third-order valence-corrected chi connectivity index (χ3v) is 7.16. The number of hydrogen-bond acceptors (Lipinski definition) is 3. The molecule has 1 aliphatic rings. The summed E-state index contributed by atoms with van der Waals surface area (Å²) in [6.45, 7) is -0.669. The minimum atomic E-state index is -1.51. The zero-order valence-corrected chi connectivity index (χ0v) is 21.4. The van der Waals surface area contributed by atoms with Gasteiger partial charge in [-0.25, -0.2) is 17.6 Å². The first kappa shape index (κ1) is 27.2. The summed E-state index contributed by atoms with van der Waals surface area (Å²) in [7, 11) is 0. The largest absolute Gasteiger partial charge is 0.366 e. The molecule has 3 aromatic carbocycles. The smallest absolute Gasteiger partial charge is 0.250 e. The van der Waals surface area contributed by atoms with Crippen LogP contribution in [0.5, 0.6) is 0 Å². The Hall–Kier alpha value is -4.38. The van der Waals surface area contributed by atoms with Gasteiger partial charge in [-0.15, -0.1) is 0 Å². The molecule has 40 heavy (non-hydrogen) atoms. The zero-order chi connectivity index (χ0) is 28.7. The topological polar surface area (TPSA) is 97.4 Å². The molecule has 3 N–H and O–H groups in total. The number of aromatic nitrogens is 1. The summed E-state index contributed by atoms with van der Waals surface area (Å²) in [5.41, 5.74) is 5.33. The lowest BCUT2D eigenvalue weighted by atomic mass is 10.0. The fourth-order valence-corrected chi connectivity index (χ4v) is 5.13. The van der Waals surface area contributed by atoms with Crippen LogP contribution < -0.4 is 11.1 Å². The molecule has 0 spiro atoms. The van der Waals surface area contributed by atoms with E-state index in [4.69, 9.17) is 17.3 Å². The Kier molecular flexibility index (Phi) is 7.24. The number of likely N-dealkylation sites (tertiary alicyclic amines) is 1. The van der Waals surface area contributed by atoms with Crippen molar-refractivity contribution in [3.63, 3.8) is 0 Å². The van der Waals surface area contributed by atoms with Crippen molar-refractivity contribution in [2.24, 2.45) is 5.73 Å². The van der Waals surface area contributed by atoms with Crippen LogP contribution in [0.4, 0.5) is 23.2 Å². The summed E-state index contributed by atoms with van der Waals surface area (Å²) in [5, 5.41) is 2.39. The van der Waals surface area contributed by atoms with Crippen molar-refractivity contribution in [1.29, 1.82) is 0 Å². The Labute approximate surface area is 230 Å². The minimum absolute atomic E-state index is 0.205. The van der Waals surface area contributed by atoms with Gasteiger partial charge in [-0.05, 0) is 18.2 Å². The van der Waals surface area contributed by atoms with Crippen LogP contribution >= 0.6 is 11.6 Å². The predicted octanol–water partition coefficient (Wildman–Crippen LogP) is 5.06. The maximum absolute atomic E-state index is 15.4. The van der Waals surface area contributed by atoms with Crippen LogP contribution in [0, 0.1) is 17.5 Å². The van der Waals surface area contributed by atoms with Crippen LogP contribution in [0.1, 0.15) is 16.8 Å². The fourth-order valence-electron chi connectivity index (χ4n) is 4.92. The van der Waals surface area contributed by atoms with E-state index >= 15 is 4.39 Å². The molecule has 206 valence electrons. The third kappa shape index (κ3) is 5.00. The first-order valence-corrected chi connectivity index (χ1v) is 12.5. The van der Waals surface area contributed by atoms with Crippen LogP contribution in [0.2, 0.25) is 5.02 Å². The molecule has 1 fully saturated rings. The quantitative estimate of drug-likeness (QED) is 0.250. The van der Waals surface area contributed by atoms with Gasteiger partial charge in [0.1, 0.15) is 30.4 Å². The molecule has 0 unspecified atom stereocenters. The Balaban J connectivity index is 1.39. The SMILES string of the molecule is NC(=O)c1cn(CC(=O)N2C[C@H](F)C[C@H]2C(=O)Nc2cccc(-c3cc(F)cc(F)c3Cl)c2F)c2ccccc12. The van der Waals surface area contributed by atoms with Crippen LogP contribution in [-0.2, 0) is 16.1 Å². The molecule has 12 heteroatoms. The number of para-hydroxylation sites is 1. The van der Waals surface area contributed by atoms with E-state index in [1.807, 2.05) is 0 Å². The zero-order valence-electron chi connectivity index (χ0n) is 20.6. The molecule has 1 aromatic heterocycles. The summed E-state index contributed by atoms with van der Waals surface area (Å²) in [6.07, 6.45) is -0.407. The maximum atomic E-state index is 15.4. The van der Waals surface area contributed by atoms with E-state index in [9.17, 15) is 27.6 Å². The second kappa shape index (κ2) is 10.6. The minimum Gasteiger partial charge on any atom is -0.366 e. The normalized spacial score (nSPS) is 16.9.